The maximum atomic E-state index is 2.44. The molecular weight excluding hydrogens is 170 g/mol. The van der Waals surface area contributed by atoms with Gasteiger partial charge in [0.15, 0.2) is 0 Å². The average molecular weight is 197 g/mol. The van der Waals surface area contributed by atoms with Crippen LogP contribution < -0.4 is 0 Å². The van der Waals surface area contributed by atoms with E-state index in [1.807, 2.05) is 0 Å². The highest BCUT2D eigenvalue weighted by Gasteiger charge is 2.33. The Hall–Kier alpha value is -0.0400. The molecule has 0 aromatic rings. The molecule has 0 amide bonds. The summed E-state index contributed by atoms with van der Waals surface area (Å²) in [6.07, 6.45) is 5.72. The third-order valence-corrected chi connectivity index (χ3v) is 4.14. The van der Waals surface area contributed by atoms with Crippen molar-refractivity contribution in [2.75, 3.05) is 20.6 Å². The van der Waals surface area contributed by atoms with Gasteiger partial charge >= 0.3 is 0 Å². The van der Waals surface area contributed by atoms with Crippen molar-refractivity contribution in [2.24, 2.45) is 17.3 Å². The van der Waals surface area contributed by atoms with Crippen molar-refractivity contribution in [1.82, 2.24) is 4.90 Å². The van der Waals surface area contributed by atoms with Gasteiger partial charge in [0.05, 0.1) is 0 Å². The third kappa shape index (κ3) is 3.27. The summed E-state index contributed by atoms with van der Waals surface area (Å²) in [5.74, 6) is 1.89. The molecule has 2 atom stereocenters. The van der Waals surface area contributed by atoms with Crippen LogP contribution in [0.2, 0.25) is 0 Å². The summed E-state index contributed by atoms with van der Waals surface area (Å²) in [5, 5.41) is 0. The van der Waals surface area contributed by atoms with Crippen molar-refractivity contribution < 1.29 is 0 Å². The largest absolute Gasteiger partial charge is 0.309 e. The highest BCUT2D eigenvalue weighted by atomic mass is 15.0. The molecule has 84 valence electrons. The monoisotopic (exact) mass is 197 g/mol. The first kappa shape index (κ1) is 12.0. The van der Waals surface area contributed by atoms with Gasteiger partial charge in [0.25, 0.3) is 0 Å². The topological polar surface area (TPSA) is 3.24 Å². The lowest BCUT2D eigenvalue weighted by Gasteiger charge is -2.41. The van der Waals surface area contributed by atoms with E-state index in [0.717, 1.165) is 11.8 Å². The van der Waals surface area contributed by atoms with E-state index in [0.29, 0.717) is 5.41 Å². The molecule has 0 radical (unpaired) electrons. The van der Waals surface area contributed by atoms with E-state index < -0.39 is 0 Å². The first-order valence-corrected chi connectivity index (χ1v) is 6.06. The van der Waals surface area contributed by atoms with Gasteiger partial charge in [0.2, 0.25) is 0 Å². The summed E-state index contributed by atoms with van der Waals surface area (Å²) in [4.78, 5) is 2.31. The lowest BCUT2D eigenvalue weighted by molar-refractivity contribution is 0.0991. The molecule has 0 bridgehead atoms. The first-order valence-electron chi connectivity index (χ1n) is 6.06. The van der Waals surface area contributed by atoms with Crippen LogP contribution in [0.1, 0.15) is 46.5 Å². The van der Waals surface area contributed by atoms with Crippen LogP contribution in [0, 0.1) is 17.3 Å². The minimum Gasteiger partial charge on any atom is -0.309 e. The first-order chi connectivity index (χ1) is 6.42. The molecule has 0 aliphatic heterocycles. The van der Waals surface area contributed by atoms with Crippen LogP contribution in [0.3, 0.4) is 0 Å². The Morgan fingerprint density at radius 1 is 1.21 bits per heavy atom. The molecule has 0 aromatic carbocycles. The van der Waals surface area contributed by atoms with Gasteiger partial charge in [-0.3, -0.25) is 0 Å². The average Bonchev–Trinajstić information content (AvgIpc) is 2.07. The number of nitrogens with zero attached hydrogens (tertiary/aromatic N) is 1. The van der Waals surface area contributed by atoms with Gasteiger partial charge in [-0.25, -0.2) is 0 Å². The van der Waals surface area contributed by atoms with Gasteiger partial charge in [-0.1, -0.05) is 27.2 Å². The predicted molar refractivity (Wildman–Crippen MR) is 63.5 cm³/mol. The molecule has 1 aliphatic rings. The molecule has 1 nitrogen and oxygen atoms in total. The number of rotatable bonds is 3. The predicted octanol–water partition coefficient (Wildman–Crippen LogP) is 3.40. The summed E-state index contributed by atoms with van der Waals surface area (Å²) in [5.41, 5.74) is 0.579. The summed E-state index contributed by atoms with van der Waals surface area (Å²) in [6, 6.07) is 0. The van der Waals surface area contributed by atoms with Gasteiger partial charge in [-0.2, -0.15) is 0 Å². The van der Waals surface area contributed by atoms with Crippen LogP contribution >= 0.6 is 0 Å². The second-order valence-corrected chi connectivity index (χ2v) is 6.13. The molecule has 0 heterocycles. The molecule has 1 heteroatoms. The van der Waals surface area contributed by atoms with Crippen molar-refractivity contribution in [3.63, 3.8) is 0 Å². The summed E-state index contributed by atoms with van der Waals surface area (Å²) in [7, 11) is 4.35. The quantitative estimate of drug-likeness (QED) is 0.670. The Bertz CT molecular complexity index is 172. The Morgan fingerprint density at radius 3 is 2.36 bits per heavy atom. The molecule has 1 saturated carbocycles. The van der Waals surface area contributed by atoms with Crippen molar-refractivity contribution >= 4 is 0 Å². The highest BCUT2D eigenvalue weighted by molar-refractivity contribution is 4.84. The fourth-order valence-electron chi connectivity index (χ4n) is 2.61. The lowest BCUT2D eigenvalue weighted by Crippen LogP contribution is -2.31. The van der Waals surface area contributed by atoms with Crippen molar-refractivity contribution in [1.29, 1.82) is 0 Å². The Kier molecular flexibility index (Phi) is 4.00. The summed E-state index contributed by atoms with van der Waals surface area (Å²) in [6.45, 7) is 8.57. The van der Waals surface area contributed by atoms with Crippen molar-refractivity contribution in [2.45, 2.75) is 46.5 Å². The van der Waals surface area contributed by atoms with E-state index in [4.69, 9.17) is 0 Å². The van der Waals surface area contributed by atoms with Crippen LogP contribution in [0.5, 0.6) is 0 Å². The van der Waals surface area contributed by atoms with Gasteiger partial charge in [0, 0.05) is 0 Å². The Morgan fingerprint density at radius 2 is 1.86 bits per heavy atom. The smallest absolute Gasteiger partial charge is 0.00222 e. The molecule has 1 aliphatic carbocycles. The SMILES string of the molecule is CC1CCC(CCN(C)C)CC1(C)C. The summed E-state index contributed by atoms with van der Waals surface area (Å²) >= 11 is 0. The minimum atomic E-state index is 0.579. The zero-order valence-electron chi connectivity index (χ0n) is 10.6. The van der Waals surface area contributed by atoms with E-state index in [2.05, 4.69) is 39.8 Å². The molecule has 0 N–H and O–H groups in total. The normalized spacial score (nSPS) is 32.1. The summed E-state index contributed by atoms with van der Waals surface area (Å²) < 4.78 is 0. The van der Waals surface area contributed by atoms with Gasteiger partial charge in [-0.15, -0.1) is 0 Å². The van der Waals surface area contributed by atoms with Crippen LogP contribution in [-0.2, 0) is 0 Å². The molecule has 1 rings (SSSR count). The molecule has 2 unspecified atom stereocenters. The van der Waals surface area contributed by atoms with E-state index in [1.54, 1.807) is 0 Å². The Balaban J connectivity index is 2.36. The maximum absolute atomic E-state index is 2.44. The number of hydrogen-bond donors (Lipinski definition) is 0. The van der Waals surface area contributed by atoms with Crippen LogP contribution in [0.4, 0.5) is 0 Å². The van der Waals surface area contributed by atoms with E-state index in [1.165, 1.54) is 32.2 Å². The fraction of sp³-hybridized carbons (Fsp3) is 1.00. The van der Waals surface area contributed by atoms with Crippen LogP contribution in [0.15, 0.2) is 0 Å². The van der Waals surface area contributed by atoms with E-state index >= 15 is 0 Å². The second-order valence-electron chi connectivity index (χ2n) is 6.13. The van der Waals surface area contributed by atoms with E-state index in [9.17, 15) is 0 Å². The minimum absolute atomic E-state index is 0.579. The van der Waals surface area contributed by atoms with E-state index in [-0.39, 0.29) is 0 Å². The fourth-order valence-corrected chi connectivity index (χ4v) is 2.61. The van der Waals surface area contributed by atoms with Crippen molar-refractivity contribution in [3.8, 4) is 0 Å². The Labute approximate surface area is 89.9 Å². The van der Waals surface area contributed by atoms with Crippen molar-refractivity contribution in [3.05, 3.63) is 0 Å². The van der Waals surface area contributed by atoms with Gasteiger partial charge < -0.3 is 4.90 Å². The molecule has 1 fully saturated rings. The molecule has 14 heavy (non-hydrogen) atoms. The zero-order chi connectivity index (χ0) is 10.8. The van der Waals surface area contributed by atoms with Gasteiger partial charge in [0.1, 0.15) is 0 Å². The molecule has 0 aromatic heterocycles. The maximum Gasteiger partial charge on any atom is -0.00222 e. The molecular formula is C13H27N. The third-order valence-electron chi connectivity index (χ3n) is 4.14. The van der Waals surface area contributed by atoms with Crippen LogP contribution in [-0.4, -0.2) is 25.5 Å². The number of hydrogen-bond acceptors (Lipinski definition) is 1. The van der Waals surface area contributed by atoms with Gasteiger partial charge in [-0.05, 0) is 57.2 Å². The highest BCUT2D eigenvalue weighted by Crippen LogP contribution is 2.43. The second kappa shape index (κ2) is 4.65. The molecule has 0 spiro atoms. The van der Waals surface area contributed by atoms with Crippen LogP contribution in [0.25, 0.3) is 0 Å². The standard InChI is InChI=1S/C13H27N/c1-11-6-7-12(8-9-14(4)5)10-13(11,2)3/h11-12H,6-10H2,1-5H3. The zero-order valence-corrected chi connectivity index (χ0v) is 10.6. The molecule has 0 saturated heterocycles. The lowest BCUT2D eigenvalue weighted by atomic mass is 9.65.